The second kappa shape index (κ2) is 6.53. The first-order chi connectivity index (χ1) is 12.3. The van der Waals surface area contributed by atoms with Crippen LogP contribution in [0, 0.1) is 5.41 Å². The van der Waals surface area contributed by atoms with E-state index in [2.05, 4.69) is 5.43 Å². The van der Waals surface area contributed by atoms with Crippen LogP contribution in [0.3, 0.4) is 0 Å². The highest BCUT2D eigenvalue weighted by Crippen LogP contribution is 2.56. The van der Waals surface area contributed by atoms with Crippen molar-refractivity contribution in [1.82, 2.24) is 10.4 Å². The highest BCUT2D eigenvalue weighted by Gasteiger charge is 2.71. The molecule has 0 spiro atoms. The predicted octanol–water partition coefficient (Wildman–Crippen LogP) is 1.85. The van der Waals surface area contributed by atoms with E-state index >= 15 is 0 Å². The van der Waals surface area contributed by atoms with Crippen molar-refractivity contribution >= 4 is 12.0 Å². The molecule has 3 N–H and O–H groups in total. The summed E-state index contributed by atoms with van der Waals surface area (Å²) in [5, 5.41) is 1.51. The highest BCUT2D eigenvalue weighted by molar-refractivity contribution is 5.79. The van der Waals surface area contributed by atoms with E-state index in [1.54, 1.807) is 20.8 Å². The average Bonchev–Trinajstić information content (AvgIpc) is 2.78. The van der Waals surface area contributed by atoms with Gasteiger partial charge in [0.2, 0.25) is 0 Å². The second-order valence-corrected chi connectivity index (χ2v) is 7.10. The molecular weight excluding hydrogens is 338 g/mol. The molecule has 0 aromatic heterocycles. The normalized spacial score (nSPS) is 33.7. The molecule has 0 aliphatic carbocycles. The van der Waals surface area contributed by atoms with E-state index < -0.39 is 28.9 Å². The molecule has 3 rings (SSSR count). The summed E-state index contributed by atoms with van der Waals surface area (Å²) in [6.45, 7) is 5.50. The number of hydrogen-bond acceptors (Lipinski definition) is 6. The molecule has 8 nitrogen and oxygen atoms in total. The number of nitrogens with one attached hydrogen (secondary N) is 1. The fraction of sp³-hybridized carbons (Fsp3) is 0.556. The van der Waals surface area contributed by atoms with Crippen molar-refractivity contribution in [3.8, 4) is 0 Å². The van der Waals surface area contributed by atoms with Gasteiger partial charge in [0.1, 0.15) is 5.41 Å². The minimum Gasteiger partial charge on any atom is -0.465 e. The zero-order chi connectivity index (χ0) is 19.0. The molecule has 2 aliphatic heterocycles. The highest BCUT2D eigenvalue weighted by atomic mass is 17.2. The third-order valence-corrected chi connectivity index (χ3v) is 5.42. The minimum atomic E-state index is -1.28. The maximum atomic E-state index is 13.1. The molecule has 1 aromatic carbocycles. The van der Waals surface area contributed by atoms with E-state index in [-0.39, 0.29) is 6.61 Å². The van der Waals surface area contributed by atoms with Crippen LogP contribution in [0.5, 0.6) is 0 Å². The quantitative estimate of drug-likeness (QED) is 0.611. The van der Waals surface area contributed by atoms with Crippen LogP contribution in [0.1, 0.15) is 39.2 Å². The number of primary amides is 1. The van der Waals surface area contributed by atoms with Crippen molar-refractivity contribution in [3.63, 3.8) is 0 Å². The first-order valence-electron chi connectivity index (χ1n) is 8.72. The first kappa shape index (κ1) is 18.6. The molecular formula is C18H25N3O5. The number of piperidine rings is 1. The van der Waals surface area contributed by atoms with E-state index in [4.69, 9.17) is 20.2 Å². The third kappa shape index (κ3) is 2.74. The first-order valence-corrected chi connectivity index (χ1v) is 8.72. The molecule has 2 aliphatic rings. The van der Waals surface area contributed by atoms with E-state index in [1.807, 2.05) is 30.3 Å². The number of carbonyl (C=O) groups excluding carboxylic acids is 2. The molecule has 3 atom stereocenters. The Morgan fingerprint density at radius 1 is 1.23 bits per heavy atom. The Kier molecular flexibility index (Phi) is 4.68. The van der Waals surface area contributed by atoms with Gasteiger partial charge in [-0.05, 0) is 45.6 Å². The number of hydrazine groups is 1. The molecule has 2 amide bonds. The maximum Gasteiger partial charge on any atom is 0.326 e. The van der Waals surface area contributed by atoms with Crippen molar-refractivity contribution in [2.24, 2.45) is 11.1 Å². The summed E-state index contributed by atoms with van der Waals surface area (Å²) >= 11 is 0. The Morgan fingerprint density at radius 3 is 2.54 bits per heavy atom. The van der Waals surface area contributed by atoms with Gasteiger partial charge in [0.15, 0.2) is 11.4 Å². The van der Waals surface area contributed by atoms with Gasteiger partial charge in [0.05, 0.1) is 6.61 Å². The topological polar surface area (TPSA) is 103 Å². The molecule has 2 heterocycles. The Labute approximate surface area is 152 Å². The lowest BCUT2D eigenvalue weighted by molar-refractivity contribution is -0.350. The average molecular weight is 363 g/mol. The molecule has 3 unspecified atom stereocenters. The largest absolute Gasteiger partial charge is 0.465 e. The number of fused-ring (bicyclic) bond motifs is 2. The lowest BCUT2D eigenvalue weighted by atomic mass is 9.66. The number of benzene rings is 1. The standard InChI is InChI=1S/C18H25N3O5/c1-4-24-14(22)18(12-13-8-6-5-7-9-13)11-10-16(2)21(20-15(19)23)17(18,3)26-25-16/h5-9H,4,10-12H2,1-3H3,(H3,19,20,23). The van der Waals surface area contributed by atoms with Gasteiger partial charge in [-0.1, -0.05) is 30.3 Å². The SMILES string of the molecule is CCOC(=O)C1(Cc2ccccc2)CCC2(C)OOC1(C)N2NC(N)=O. The van der Waals surface area contributed by atoms with Gasteiger partial charge < -0.3 is 10.5 Å². The Bertz CT molecular complexity index is 699. The van der Waals surface area contributed by atoms with Crippen molar-refractivity contribution in [2.45, 2.75) is 51.5 Å². The van der Waals surface area contributed by atoms with Crippen LogP contribution in [0.15, 0.2) is 30.3 Å². The van der Waals surface area contributed by atoms with E-state index in [1.165, 1.54) is 5.01 Å². The van der Waals surface area contributed by atoms with Gasteiger partial charge in [-0.2, -0.15) is 5.01 Å². The Hall–Kier alpha value is -2.16. The number of amides is 2. The van der Waals surface area contributed by atoms with Gasteiger partial charge >= 0.3 is 12.0 Å². The summed E-state index contributed by atoms with van der Waals surface area (Å²) in [5.41, 5.74) is 5.60. The van der Waals surface area contributed by atoms with Gasteiger partial charge in [-0.25, -0.2) is 14.6 Å². The zero-order valence-electron chi connectivity index (χ0n) is 15.3. The van der Waals surface area contributed by atoms with Crippen LogP contribution in [0.25, 0.3) is 0 Å². The molecule has 26 heavy (non-hydrogen) atoms. The zero-order valence-corrected chi connectivity index (χ0v) is 15.3. The second-order valence-electron chi connectivity index (χ2n) is 7.10. The van der Waals surface area contributed by atoms with Gasteiger partial charge in [0.25, 0.3) is 0 Å². The number of nitrogens with two attached hydrogens (primary N) is 1. The van der Waals surface area contributed by atoms with Gasteiger partial charge in [-0.15, -0.1) is 0 Å². The number of rotatable bonds is 5. The summed E-state index contributed by atoms with van der Waals surface area (Å²) in [4.78, 5) is 35.9. The number of nitrogens with zero attached hydrogens (tertiary/aromatic N) is 1. The van der Waals surface area contributed by atoms with Crippen molar-refractivity contribution in [2.75, 3.05) is 6.61 Å². The summed E-state index contributed by atoms with van der Waals surface area (Å²) in [5.74, 6) is -0.393. The van der Waals surface area contributed by atoms with Crippen LogP contribution in [0.2, 0.25) is 0 Å². The minimum absolute atomic E-state index is 0.243. The van der Waals surface area contributed by atoms with E-state index in [0.717, 1.165) is 5.56 Å². The number of hydrogen-bond donors (Lipinski definition) is 2. The fourth-order valence-electron chi connectivity index (χ4n) is 3.99. The van der Waals surface area contributed by atoms with Crippen molar-refractivity contribution in [3.05, 3.63) is 35.9 Å². The van der Waals surface area contributed by atoms with Gasteiger partial charge in [-0.3, -0.25) is 10.2 Å². The molecule has 1 aromatic rings. The number of urea groups is 1. The van der Waals surface area contributed by atoms with Crippen LogP contribution in [-0.2, 0) is 25.7 Å². The fourth-order valence-corrected chi connectivity index (χ4v) is 3.99. The smallest absolute Gasteiger partial charge is 0.326 e. The molecule has 0 saturated carbocycles. The van der Waals surface area contributed by atoms with Crippen LogP contribution < -0.4 is 11.2 Å². The van der Waals surface area contributed by atoms with Gasteiger partial charge in [0, 0.05) is 0 Å². The molecule has 0 radical (unpaired) electrons. The molecule has 8 heteroatoms. The predicted molar refractivity (Wildman–Crippen MR) is 92.0 cm³/mol. The lowest BCUT2D eigenvalue weighted by Crippen LogP contribution is -2.72. The molecule has 2 saturated heterocycles. The molecule has 2 bridgehead atoms. The van der Waals surface area contributed by atoms with E-state index in [9.17, 15) is 9.59 Å². The number of carbonyl (C=O) groups is 2. The maximum absolute atomic E-state index is 13.1. The van der Waals surface area contributed by atoms with Crippen molar-refractivity contribution in [1.29, 1.82) is 0 Å². The summed E-state index contributed by atoms with van der Waals surface area (Å²) < 4.78 is 5.41. The van der Waals surface area contributed by atoms with Crippen LogP contribution >= 0.6 is 0 Å². The third-order valence-electron chi connectivity index (χ3n) is 5.42. The molecule has 142 valence electrons. The Balaban J connectivity index is 2.08. The van der Waals surface area contributed by atoms with E-state index in [0.29, 0.717) is 19.3 Å². The van der Waals surface area contributed by atoms with Crippen LogP contribution in [-0.4, -0.2) is 35.1 Å². The van der Waals surface area contributed by atoms with Crippen LogP contribution in [0.4, 0.5) is 4.79 Å². The number of esters is 1. The summed E-state index contributed by atoms with van der Waals surface area (Å²) in [6.07, 6.45) is 1.30. The monoisotopic (exact) mass is 363 g/mol. The van der Waals surface area contributed by atoms with Crippen molar-refractivity contribution < 1.29 is 24.1 Å². The summed E-state index contributed by atoms with van der Waals surface area (Å²) in [6, 6.07) is 8.87. The Morgan fingerprint density at radius 2 is 1.92 bits per heavy atom. The lowest BCUT2D eigenvalue weighted by Gasteiger charge is -2.51. The molecule has 2 fully saturated rings. The summed E-state index contributed by atoms with van der Waals surface area (Å²) in [7, 11) is 0. The number of ether oxygens (including phenoxy) is 1.